The standard InChI is InChI=1S/C12H18N4O/c1-8-5-4-6-16(7-8)12(17)11-10(13)9(2)14-15(11)3/h5H,4,6-7,13H2,1-3H3. The number of carbonyl (C=O) groups excluding carboxylic acids is 1. The topological polar surface area (TPSA) is 64.2 Å². The molecule has 5 nitrogen and oxygen atoms in total. The molecule has 17 heavy (non-hydrogen) atoms. The third-order valence-electron chi connectivity index (χ3n) is 3.09. The van der Waals surface area contributed by atoms with Crippen molar-refractivity contribution < 1.29 is 4.79 Å². The number of nitrogen functional groups attached to an aromatic ring is 1. The molecule has 0 aromatic carbocycles. The van der Waals surface area contributed by atoms with Gasteiger partial charge in [0.25, 0.3) is 5.91 Å². The SMILES string of the molecule is CC1=CCCN(C(=O)c2c(N)c(C)nn2C)C1. The Labute approximate surface area is 101 Å². The van der Waals surface area contributed by atoms with Gasteiger partial charge in [0.05, 0.1) is 11.4 Å². The van der Waals surface area contributed by atoms with Crippen LogP contribution >= 0.6 is 0 Å². The Balaban J connectivity index is 2.28. The molecule has 2 N–H and O–H groups in total. The van der Waals surface area contributed by atoms with Crippen LogP contribution in [0.4, 0.5) is 5.69 Å². The summed E-state index contributed by atoms with van der Waals surface area (Å²) in [6.45, 7) is 5.28. The average molecular weight is 234 g/mol. The normalized spacial score (nSPS) is 15.9. The van der Waals surface area contributed by atoms with E-state index in [1.54, 1.807) is 11.7 Å². The largest absolute Gasteiger partial charge is 0.395 e. The highest BCUT2D eigenvalue weighted by Gasteiger charge is 2.24. The molecule has 2 rings (SSSR count). The molecular formula is C12H18N4O. The van der Waals surface area contributed by atoms with E-state index >= 15 is 0 Å². The molecule has 0 bridgehead atoms. The molecule has 2 heterocycles. The van der Waals surface area contributed by atoms with Crippen molar-refractivity contribution >= 4 is 11.6 Å². The van der Waals surface area contributed by atoms with Crippen LogP contribution in [-0.4, -0.2) is 33.7 Å². The third-order valence-corrected chi connectivity index (χ3v) is 3.09. The Hall–Kier alpha value is -1.78. The van der Waals surface area contributed by atoms with Gasteiger partial charge in [0.15, 0.2) is 0 Å². The van der Waals surface area contributed by atoms with Crippen molar-refractivity contribution in [2.75, 3.05) is 18.8 Å². The zero-order valence-electron chi connectivity index (χ0n) is 10.5. The molecule has 1 aliphatic rings. The summed E-state index contributed by atoms with van der Waals surface area (Å²) in [6.07, 6.45) is 3.08. The number of hydrogen-bond donors (Lipinski definition) is 1. The fourth-order valence-corrected chi connectivity index (χ4v) is 2.16. The number of rotatable bonds is 1. The zero-order valence-corrected chi connectivity index (χ0v) is 10.5. The lowest BCUT2D eigenvalue weighted by Gasteiger charge is -2.26. The van der Waals surface area contributed by atoms with Gasteiger partial charge in [0.1, 0.15) is 5.69 Å². The van der Waals surface area contributed by atoms with Gasteiger partial charge >= 0.3 is 0 Å². The van der Waals surface area contributed by atoms with Crippen LogP contribution in [0.25, 0.3) is 0 Å². The van der Waals surface area contributed by atoms with Crippen LogP contribution in [-0.2, 0) is 7.05 Å². The van der Waals surface area contributed by atoms with Crippen molar-refractivity contribution in [3.8, 4) is 0 Å². The van der Waals surface area contributed by atoms with E-state index in [1.807, 2.05) is 18.7 Å². The van der Waals surface area contributed by atoms with Crippen LogP contribution in [0, 0.1) is 6.92 Å². The zero-order chi connectivity index (χ0) is 12.6. The smallest absolute Gasteiger partial charge is 0.274 e. The lowest BCUT2D eigenvalue weighted by Crippen LogP contribution is -2.36. The fourth-order valence-electron chi connectivity index (χ4n) is 2.16. The van der Waals surface area contributed by atoms with Gasteiger partial charge in [-0.15, -0.1) is 0 Å². The van der Waals surface area contributed by atoms with Crippen molar-refractivity contribution in [2.45, 2.75) is 20.3 Å². The number of carbonyl (C=O) groups is 1. The van der Waals surface area contributed by atoms with E-state index in [9.17, 15) is 4.79 Å². The first-order valence-electron chi connectivity index (χ1n) is 5.74. The van der Waals surface area contributed by atoms with Crippen LogP contribution in [0.5, 0.6) is 0 Å². The molecule has 0 fully saturated rings. The van der Waals surface area contributed by atoms with E-state index in [1.165, 1.54) is 5.57 Å². The Morgan fingerprint density at radius 2 is 2.18 bits per heavy atom. The molecule has 0 aliphatic carbocycles. The van der Waals surface area contributed by atoms with Crippen LogP contribution < -0.4 is 5.73 Å². The minimum atomic E-state index is -0.0296. The molecule has 0 spiro atoms. The molecule has 1 aromatic heterocycles. The van der Waals surface area contributed by atoms with E-state index < -0.39 is 0 Å². The van der Waals surface area contributed by atoms with Crippen molar-refractivity contribution in [1.82, 2.24) is 14.7 Å². The van der Waals surface area contributed by atoms with Gasteiger partial charge in [0, 0.05) is 20.1 Å². The summed E-state index contributed by atoms with van der Waals surface area (Å²) in [5.74, 6) is -0.0296. The fraction of sp³-hybridized carbons (Fsp3) is 0.500. The van der Waals surface area contributed by atoms with E-state index in [0.29, 0.717) is 23.6 Å². The van der Waals surface area contributed by atoms with Crippen LogP contribution in [0.1, 0.15) is 29.5 Å². The van der Waals surface area contributed by atoms with E-state index in [-0.39, 0.29) is 5.91 Å². The van der Waals surface area contributed by atoms with Crippen molar-refractivity contribution in [3.05, 3.63) is 23.0 Å². The Morgan fingerprint density at radius 3 is 2.71 bits per heavy atom. The number of aromatic nitrogens is 2. The second-order valence-corrected chi connectivity index (χ2v) is 4.54. The van der Waals surface area contributed by atoms with E-state index in [4.69, 9.17) is 5.73 Å². The molecule has 1 aliphatic heterocycles. The number of aryl methyl sites for hydroxylation is 2. The molecule has 5 heteroatoms. The first-order chi connectivity index (χ1) is 8.00. The third kappa shape index (κ3) is 2.05. The summed E-state index contributed by atoms with van der Waals surface area (Å²) in [4.78, 5) is 14.2. The average Bonchev–Trinajstić information content (AvgIpc) is 2.52. The van der Waals surface area contributed by atoms with Crippen molar-refractivity contribution in [2.24, 2.45) is 7.05 Å². The number of nitrogens with zero attached hydrogens (tertiary/aromatic N) is 3. The summed E-state index contributed by atoms with van der Waals surface area (Å²) in [7, 11) is 1.75. The van der Waals surface area contributed by atoms with Gasteiger partial charge in [-0.05, 0) is 20.3 Å². The number of amides is 1. The van der Waals surface area contributed by atoms with Crippen LogP contribution in [0.3, 0.4) is 0 Å². The predicted octanol–water partition coefficient (Wildman–Crippen LogP) is 1.10. The monoisotopic (exact) mass is 234 g/mol. The molecule has 92 valence electrons. The molecule has 0 saturated carbocycles. The second-order valence-electron chi connectivity index (χ2n) is 4.54. The van der Waals surface area contributed by atoms with Gasteiger partial charge in [-0.25, -0.2) is 0 Å². The molecule has 0 radical (unpaired) electrons. The summed E-state index contributed by atoms with van der Waals surface area (Å²) in [5, 5.41) is 4.18. The van der Waals surface area contributed by atoms with E-state index in [0.717, 1.165) is 13.0 Å². The lowest BCUT2D eigenvalue weighted by molar-refractivity contribution is 0.0756. The van der Waals surface area contributed by atoms with Gasteiger partial charge in [-0.3, -0.25) is 9.48 Å². The number of hydrogen-bond acceptors (Lipinski definition) is 3. The quantitative estimate of drug-likeness (QED) is 0.740. The first kappa shape index (κ1) is 11.7. The minimum absolute atomic E-state index is 0.0296. The summed E-state index contributed by atoms with van der Waals surface area (Å²) in [6, 6.07) is 0. The highest BCUT2D eigenvalue weighted by molar-refractivity contribution is 5.98. The van der Waals surface area contributed by atoms with Crippen LogP contribution in [0.2, 0.25) is 0 Å². The molecule has 1 amide bonds. The van der Waals surface area contributed by atoms with Crippen molar-refractivity contribution in [3.63, 3.8) is 0 Å². The number of anilines is 1. The number of nitrogens with two attached hydrogens (primary N) is 1. The molecule has 0 saturated heterocycles. The molecular weight excluding hydrogens is 216 g/mol. The maximum Gasteiger partial charge on any atom is 0.274 e. The highest BCUT2D eigenvalue weighted by Crippen LogP contribution is 2.19. The predicted molar refractivity (Wildman–Crippen MR) is 66.6 cm³/mol. The van der Waals surface area contributed by atoms with Gasteiger partial charge < -0.3 is 10.6 Å². The Morgan fingerprint density at radius 1 is 1.47 bits per heavy atom. The summed E-state index contributed by atoms with van der Waals surface area (Å²) >= 11 is 0. The lowest BCUT2D eigenvalue weighted by atomic mass is 10.1. The molecule has 1 aromatic rings. The highest BCUT2D eigenvalue weighted by atomic mass is 16.2. The maximum atomic E-state index is 12.4. The van der Waals surface area contributed by atoms with Crippen molar-refractivity contribution in [1.29, 1.82) is 0 Å². The first-order valence-corrected chi connectivity index (χ1v) is 5.74. The minimum Gasteiger partial charge on any atom is -0.395 e. The van der Waals surface area contributed by atoms with Gasteiger partial charge in [0.2, 0.25) is 0 Å². The van der Waals surface area contributed by atoms with Crippen LogP contribution in [0.15, 0.2) is 11.6 Å². The van der Waals surface area contributed by atoms with Gasteiger partial charge in [-0.1, -0.05) is 11.6 Å². The Bertz CT molecular complexity index is 487. The van der Waals surface area contributed by atoms with E-state index in [2.05, 4.69) is 11.2 Å². The van der Waals surface area contributed by atoms with Gasteiger partial charge in [-0.2, -0.15) is 5.10 Å². The molecule has 0 atom stereocenters. The second kappa shape index (κ2) is 4.24. The molecule has 0 unspecified atom stereocenters. The summed E-state index contributed by atoms with van der Waals surface area (Å²) < 4.78 is 1.57. The Kier molecular flexibility index (Phi) is 2.92. The maximum absolute atomic E-state index is 12.4. The summed E-state index contributed by atoms with van der Waals surface area (Å²) in [5.41, 5.74) is 8.82.